The van der Waals surface area contributed by atoms with Crippen LogP contribution in [0.25, 0.3) is 0 Å². The quantitative estimate of drug-likeness (QED) is 0.738. The van der Waals surface area contributed by atoms with Gasteiger partial charge in [-0.05, 0) is 5.56 Å². The number of nitrogens with one attached hydrogen (secondary N) is 1. The Hall–Kier alpha value is -0.910. The summed E-state index contributed by atoms with van der Waals surface area (Å²) >= 11 is 0. The molecule has 1 unspecified atom stereocenters. The van der Waals surface area contributed by atoms with Crippen LogP contribution < -0.4 is 9.86 Å². The zero-order valence-corrected chi connectivity index (χ0v) is 8.25. The van der Waals surface area contributed by atoms with Gasteiger partial charge in [0.15, 0.2) is 10.1 Å². The first-order valence-corrected chi connectivity index (χ1v) is 5.43. The van der Waals surface area contributed by atoms with Crippen molar-refractivity contribution in [3.8, 4) is 0 Å². The van der Waals surface area contributed by atoms with E-state index in [1.807, 2.05) is 30.3 Å². The van der Waals surface area contributed by atoms with Gasteiger partial charge in [0.05, 0.1) is 0 Å². The number of nitrogens with two attached hydrogens (primary N) is 1. The Labute approximate surface area is 78.6 Å². The molecule has 13 heavy (non-hydrogen) atoms. The van der Waals surface area contributed by atoms with E-state index >= 15 is 0 Å². The van der Waals surface area contributed by atoms with E-state index in [-0.39, 0.29) is 0 Å². The summed E-state index contributed by atoms with van der Waals surface area (Å²) in [6.45, 7) is 0.466. The van der Waals surface area contributed by atoms with Crippen LogP contribution in [0.15, 0.2) is 34.7 Å². The van der Waals surface area contributed by atoms with Crippen LogP contribution in [0, 0.1) is 0 Å². The minimum absolute atomic E-state index is 0.466. The second-order valence-electron chi connectivity index (χ2n) is 2.56. The Morgan fingerprint density at radius 1 is 1.46 bits per heavy atom. The lowest BCUT2D eigenvalue weighted by Crippen LogP contribution is -2.29. The van der Waals surface area contributed by atoms with E-state index in [0.717, 1.165) is 5.56 Å². The van der Waals surface area contributed by atoms with Crippen LogP contribution in [0.1, 0.15) is 5.56 Å². The average molecular weight is 199 g/mol. The number of hydrogen-bond donors (Lipinski definition) is 2. The lowest BCUT2D eigenvalue weighted by atomic mass is 10.2. The molecule has 0 aromatic heterocycles. The molecule has 3 N–H and O–H groups in total. The Balaban J connectivity index is 2.59. The van der Waals surface area contributed by atoms with Gasteiger partial charge in [0.25, 0.3) is 0 Å². The first-order valence-electron chi connectivity index (χ1n) is 3.85. The smallest absolute Gasteiger partial charge is 0.170 e. The number of rotatable bonds is 3. The summed E-state index contributed by atoms with van der Waals surface area (Å²) in [7, 11) is -1.26. The third kappa shape index (κ3) is 3.54. The monoisotopic (exact) mass is 199 g/mol. The first-order chi connectivity index (χ1) is 6.14. The third-order valence-electron chi connectivity index (χ3n) is 1.60. The molecule has 1 rings (SSSR count). The molecule has 0 amide bonds. The van der Waals surface area contributed by atoms with Crippen molar-refractivity contribution in [3.63, 3.8) is 0 Å². The van der Waals surface area contributed by atoms with Crippen LogP contribution in [0.5, 0.6) is 0 Å². The summed E-state index contributed by atoms with van der Waals surface area (Å²) in [5.74, 6) is 0. The van der Waals surface area contributed by atoms with Gasteiger partial charge < -0.3 is 0 Å². The molecule has 4 nitrogen and oxygen atoms in total. The topological polar surface area (TPSA) is 67.5 Å². The molecule has 0 fully saturated rings. The Morgan fingerprint density at radius 3 is 2.62 bits per heavy atom. The normalized spacial score (nSPS) is 14.9. The van der Waals surface area contributed by atoms with Gasteiger partial charge in [-0.2, -0.15) is 0 Å². The molecule has 5 heteroatoms. The van der Waals surface area contributed by atoms with Crippen LogP contribution in [0.3, 0.4) is 0 Å². The summed E-state index contributed by atoms with van der Waals surface area (Å²) in [5.41, 5.74) is 1.03. The predicted octanol–water partition coefficient (Wildman–Crippen LogP) is 0.663. The molecule has 1 aromatic carbocycles. The molecule has 0 bridgehead atoms. The maximum Gasteiger partial charge on any atom is 0.170 e. The summed E-state index contributed by atoms with van der Waals surface area (Å²) < 4.78 is 17.4. The summed E-state index contributed by atoms with van der Waals surface area (Å²) in [6.07, 6.45) is 0. The van der Waals surface area contributed by atoms with Gasteiger partial charge >= 0.3 is 0 Å². The maximum absolute atomic E-state index is 11.2. The van der Waals surface area contributed by atoms with E-state index in [9.17, 15) is 4.21 Å². The van der Waals surface area contributed by atoms with Gasteiger partial charge in [0, 0.05) is 13.6 Å². The van der Waals surface area contributed by atoms with Crippen LogP contribution >= 0.6 is 0 Å². The highest BCUT2D eigenvalue weighted by atomic mass is 32.2. The van der Waals surface area contributed by atoms with Crippen molar-refractivity contribution in [3.05, 3.63) is 35.9 Å². The lowest BCUT2D eigenvalue weighted by Gasteiger charge is -2.04. The molecule has 0 saturated heterocycles. The zero-order valence-electron chi connectivity index (χ0n) is 7.43. The van der Waals surface area contributed by atoms with Gasteiger partial charge in [-0.25, -0.2) is 18.4 Å². The minimum Gasteiger partial charge on any atom is -0.232 e. The van der Waals surface area contributed by atoms with Crippen molar-refractivity contribution in [2.75, 3.05) is 7.05 Å². The van der Waals surface area contributed by atoms with Crippen molar-refractivity contribution >= 4 is 10.1 Å². The fourth-order valence-electron chi connectivity index (χ4n) is 0.847. The highest BCUT2D eigenvalue weighted by Gasteiger charge is 1.97. The van der Waals surface area contributed by atoms with Gasteiger partial charge in [-0.15, -0.1) is 0 Å². The van der Waals surface area contributed by atoms with Gasteiger partial charge in [-0.1, -0.05) is 30.3 Å². The summed E-state index contributed by atoms with van der Waals surface area (Å²) in [6, 6.07) is 9.61. The van der Waals surface area contributed by atoms with Crippen LogP contribution in [0.2, 0.25) is 0 Å². The molecule has 0 spiro atoms. The molecule has 72 valence electrons. The fraction of sp³-hybridized carbons (Fsp3) is 0.250. The van der Waals surface area contributed by atoms with Gasteiger partial charge in [-0.3, -0.25) is 0 Å². The largest absolute Gasteiger partial charge is 0.232 e. The van der Waals surface area contributed by atoms with Crippen molar-refractivity contribution in [2.24, 2.45) is 9.50 Å². The molecule has 0 saturated carbocycles. The molecule has 0 aliphatic rings. The van der Waals surface area contributed by atoms with Gasteiger partial charge in [0.2, 0.25) is 0 Å². The molecule has 1 atom stereocenters. The van der Waals surface area contributed by atoms with Gasteiger partial charge in [0.1, 0.15) is 0 Å². The number of nitrogens with zero attached hydrogens (tertiary/aromatic N) is 1. The van der Waals surface area contributed by atoms with Crippen molar-refractivity contribution in [2.45, 2.75) is 6.54 Å². The second-order valence-corrected chi connectivity index (χ2v) is 4.35. The SMILES string of the molecule is CN=S(N)(=O)NCc1ccccc1. The van der Waals surface area contributed by atoms with E-state index in [4.69, 9.17) is 5.14 Å². The van der Waals surface area contributed by atoms with E-state index in [0.29, 0.717) is 6.54 Å². The number of benzene rings is 1. The standard InChI is InChI=1S/C8H13N3OS/c1-10-13(9,12)11-7-8-5-3-2-4-6-8/h2-6H,7H2,1H3,(H3,9,10,11,12). The van der Waals surface area contributed by atoms with Crippen LogP contribution in [-0.4, -0.2) is 11.3 Å². The summed E-state index contributed by atoms with van der Waals surface area (Å²) in [4.78, 5) is 0. The zero-order chi connectivity index (χ0) is 9.73. The lowest BCUT2D eigenvalue weighted by molar-refractivity contribution is 0.665. The molecular weight excluding hydrogens is 186 g/mol. The van der Waals surface area contributed by atoms with Crippen molar-refractivity contribution in [1.29, 1.82) is 0 Å². The summed E-state index contributed by atoms with van der Waals surface area (Å²) in [5, 5.41) is 5.31. The maximum atomic E-state index is 11.2. The Morgan fingerprint density at radius 2 is 2.08 bits per heavy atom. The molecule has 1 aromatic rings. The highest BCUT2D eigenvalue weighted by molar-refractivity contribution is 7.89. The van der Waals surface area contributed by atoms with Crippen LogP contribution in [-0.2, 0) is 16.6 Å². The average Bonchev–Trinajstić information content (AvgIpc) is 2.17. The molecule has 0 radical (unpaired) electrons. The van der Waals surface area contributed by atoms with Crippen molar-refractivity contribution < 1.29 is 4.21 Å². The van der Waals surface area contributed by atoms with E-state index < -0.39 is 10.1 Å². The Bertz CT molecular complexity index is 368. The molecule has 0 heterocycles. The first kappa shape index (κ1) is 10.2. The third-order valence-corrected chi connectivity index (χ3v) is 2.70. The van der Waals surface area contributed by atoms with Crippen molar-refractivity contribution in [1.82, 2.24) is 4.72 Å². The van der Waals surface area contributed by atoms with E-state index in [1.165, 1.54) is 7.05 Å². The van der Waals surface area contributed by atoms with Crippen LogP contribution in [0.4, 0.5) is 0 Å². The molecular formula is C8H13N3OS. The molecule has 0 aliphatic carbocycles. The predicted molar refractivity (Wildman–Crippen MR) is 54.0 cm³/mol. The molecule has 0 aliphatic heterocycles. The Kier molecular flexibility index (Phi) is 3.41. The highest BCUT2D eigenvalue weighted by Crippen LogP contribution is 1.97. The fourth-order valence-corrected chi connectivity index (χ4v) is 1.35. The minimum atomic E-state index is -2.69. The number of hydrogen-bond acceptors (Lipinski definition) is 2. The second kappa shape index (κ2) is 4.36. The van der Waals surface area contributed by atoms with E-state index in [2.05, 4.69) is 9.08 Å². The van der Waals surface area contributed by atoms with E-state index in [1.54, 1.807) is 0 Å².